The fourth-order valence-corrected chi connectivity index (χ4v) is 0. The summed E-state index contributed by atoms with van der Waals surface area (Å²) in [6.07, 6.45) is 0. The normalized spacial score (nSPS) is 6.50. The van der Waals surface area contributed by atoms with Crippen LogP contribution >= 0.6 is 0 Å². The molecule has 0 atom stereocenters. The first-order valence-electron chi connectivity index (χ1n) is 0.954. The van der Waals surface area contributed by atoms with Crippen LogP contribution in [0.2, 0.25) is 6.55 Å². The second-order valence-electron chi connectivity index (χ2n) is 0.556. The largest absolute Gasteiger partial charge is 0.394 e. The number of hydrogen-bond acceptors (Lipinski definition) is 1. The third kappa shape index (κ3) is 62.2. The summed E-state index contributed by atoms with van der Waals surface area (Å²) < 4.78 is 9.54. The number of rotatable bonds is 0. The predicted molar refractivity (Wildman–Crippen MR) is 18.1 cm³/mol. The lowest BCUT2D eigenvalue weighted by atomic mass is 11.9. The Labute approximate surface area is 29.9 Å². The van der Waals surface area contributed by atoms with Gasteiger partial charge in [-0.15, -0.1) is 0 Å². The van der Waals surface area contributed by atoms with Gasteiger partial charge in [0.15, 0.2) is 0 Å². The Balaban J connectivity index is 2.80. The highest BCUT2D eigenvalue weighted by Gasteiger charge is 1.69. The molecule has 0 unspecified atom stereocenters. The maximum Gasteiger partial charge on any atom is 0.244 e. The van der Waals surface area contributed by atoms with E-state index in [0.29, 0.717) is 0 Å². The fraction of sp³-hybridized carbons (Fsp3) is 1.00. The van der Waals surface area contributed by atoms with Gasteiger partial charge in [-0.1, -0.05) is 0 Å². The van der Waals surface area contributed by atoms with Crippen molar-refractivity contribution in [2.75, 3.05) is 0 Å². The van der Waals surface area contributed by atoms with Crippen molar-refractivity contribution in [3.05, 3.63) is 0 Å². The van der Waals surface area contributed by atoms with Crippen LogP contribution < -0.4 is 0 Å². The van der Waals surface area contributed by atoms with Gasteiger partial charge >= 0.3 is 0 Å². The Kier molecular flexibility index (Phi) is 1.63. The van der Waals surface area contributed by atoms with Crippen molar-refractivity contribution in [1.82, 2.24) is 0 Å². The molecule has 0 fully saturated rings. The van der Waals surface area contributed by atoms with Gasteiger partial charge in [0.1, 0.15) is 0 Å². The molecular formula is CH3OSi2. The van der Waals surface area contributed by atoms with Crippen LogP contribution in [-0.2, 0) is 4.46 Å². The lowest BCUT2D eigenvalue weighted by molar-refractivity contribution is 0.576. The predicted octanol–water partition coefficient (Wildman–Crippen LogP) is -0.297. The highest BCUT2D eigenvalue weighted by molar-refractivity contribution is 6.93. The van der Waals surface area contributed by atoms with Crippen LogP contribution in [0.25, 0.3) is 0 Å². The van der Waals surface area contributed by atoms with Gasteiger partial charge in [0.2, 0.25) is 8.20 Å². The topological polar surface area (TPSA) is 17.1 Å². The molecule has 0 N–H and O–H groups in total. The lowest BCUT2D eigenvalue weighted by Crippen LogP contribution is -1.84. The van der Waals surface area contributed by atoms with Crippen LogP contribution in [0.15, 0.2) is 0 Å². The van der Waals surface area contributed by atoms with Crippen molar-refractivity contribution in [2.45, 2.75) is 6.55 Å². The van der Waals surface area contributed by atoms with Crippen LogP contribution in [-0.4, -0.2) is 18.0 Å². The quantitative estimate of drug-likeness (QED) is 0.371. The maximum atomic E-state index is 9.54. The van der Waals surface area contributed by atoms with E-state index >= 15 is 0 Å². The van der Waals surface area contributed by atoms with Crippen molar-refractivity contribution < 1.29 is 4.46 Å². The molecule has 0 amide bonds. The molecule has 0 aromatic rings. The van der Waals surface area contributed by atoms with Gasteiger partial charge in [-0.2, -0.15) is 0 Å². The molecule has 0 aliphatic rings. The molecule has 4 heavy (non-hydrogen) atoms. The molecule has 0 rings (SSSR count). The summed E-state index contributed by atoms with van der Waals surface area (Å²) in [6, 6.07) is 0. The Morgan fingerprint density at radius 1 is 2.00 bits per heavy atom. The van der Waals surface area contributed by atoms with E-state index in [0.717, 1.165) is 0 Å². The van der Waals surface area contributed by atoms with Crippen LogP contribution in [0.1, 0.15) is 0 Å². The molecule has 3 heteroatoms. The van der Waals surface area contributed by atoms with Crippen LogP contribution in [0, 0.1) is 0 Å². The monoisotopic (exact) mass is 87.0 g/mol. The van der Waals surface area contributed by atoms with E-state index < -0.39 is 8.20 Å². The minimum Gasteiger partial charge on any atom is -0.394 e. The molecule has 0 aromatic carbocycles. The van der Waals surface area contributed by atoms with Crippen molar-refractivity contribution in [1.29, 1.82) is 0 Å². The Morgan fingerprint density at radius 3 is 2.00 bits per heavy atom. The van der Waals surface area contributed by atoms with Crippen LogP contribution in [0.4, 0.5) is 0 Å². The molecule has 0 bridgehead atoms. The second kappa shape index (κ2) is 1.54. The summed E-state index contributed by atoms with van der Waals surface area (Å²) >= 11 is 0. The minimum atomic E-state index is -1.32. The molecule has 0 aliphatic carbocycles. The average Bonchev–Trinajstić information content (AvgIpc) is 0.811. The summed E-state index contributed by atoms with van der Waals surface area (Å²) in [5.41, 5.74) is 0. The van der Waals surface area contributed by atoms with Gasteiger partial charge in [-0.05, 0) is 6.55 Å². The zero-order valence-corrected chi connectivity index (χ0v) is 4.41. The molecule has 1 nitrogen and oxygen atoms in total. The Bertz CT molecular complexity index is 29.0. The van der Waals surface area contributed by atoms with Crippen molar-refractivity contribution >= 4 is 18.0 Å². The zero-order valence-electron chi connectivity index (χ0n) is 2.41. The molecular weight excluding hydrogens is 84.2 g/mol. The molecule has 0 spiro atoms. The zero-order chi connectivity index (χ0) is 3.58. The van der Waals surface area contributed by atoms with Gasteiger partial charge in [-0.3, -0.25) is 0 Å². The average molecular weight is 87.2 g/mol. The fourth-order valence-electron chi connectivity index (χ4n) is 0. The summed E-state index contributed by atoms with van der Waals surface area (Å²) in [4.78, 5) is 0. The standard InChI is InChI=1S/CH3OSi2/c1-4(2)3/h1H3. The van der Waals surface area contributed by atoms with E-state index in [1.54, 1.807) is 6.55 Å². The first-order valence-corrected chi connectivity index (χ1v) is 4.36. The summed E-state index contributed by atoms with van der Waals surface area (Å²) in [7, 11) is 1.53. The number of hydrogen-bond donors (Lipinski definition) is 0. The molecule has 0 aliphatic heterocycles. The molecule has 0 saturated carbocycles. The van der Waals surface area contributed by atoms with Crippen molar-refractivity contribution in [2.24, 2.45) is 0 Å². The molecule has 0 aromatic heterocycles. The first-order chi connectivity index (χ1) is 1.73. The summed E-state index contributed by atoms with van der Waals surface area (Å²) in [5.74, 6) is 0. The SMILES string of the molecule is C[Si](=O)[Si]. The van der Waals surface area contributed by atoms with Crippen LogP contribution in [0.3, 0.4) is 0 Å². The van der Waals surface area contributed by atoms with Crippen molar-refractivity contribution in [3.63, 3.8) is 0 Å². The van der Waals surface area contributed by atoms with Crippen LogP contribution in [0.5, 0.6) is 0 Å². The highest BCUT2D eigenvalue weighted by Crippen LogP contribution is 1.38. The summed E-state index contributed by atoms with van der Waals surface area (Å²) in [6.45, 7) is 1.63. The summed E-state index contributed by atoms with van der Waals surface area (Å²) in [5, 5.41) is 0. The molecule has 3 radical (unpaired) electrons. The van der Waals surface area contributed by atoms with Gasteiger partial charge in [-0.25, -0.2) is 0 Å². The minimum absolute atomic E-state index is 1.32. The first kappa shape index (κ1) is 4.23. The van der Waals surface area contributed by atoms with E-state index in [9.17, 15) is 4.46 Å². The van der Waals surface area contributed by atoms with Gasteiger partial charge < -0.3 is 4.46 Å². The van der Waals surface area contributed by atoms with Gasteiger partial charge in [0, 0.05) is 0 Å². The van der Waals surface area contributed by atoms with E-state index in [4.69, 9.17) is 0 Å². The third-order valence-electron chi connectivity index (χ3n) is 0. The maximum absolute atomic E-state index is 9.54. The van der Waals surface area contributed by atoms with Crippen molar-refractivity contribution in [3.8, 4) is 0 Å². The van der Waals surface area contributed by atoms with E-state index in [1.165, 1.54) is 0 Å². The molecule has 21 valence electrons. The Morgan fingerprint density at radius 2 is 2.00 bits per heavy atom. The second-order valence-corrected chi connectivity index (χ2v) is 3.78. The van der Waals surface area contributed by atoms with Gasteiger partial charge in [0.25, 0.3) is 0 Å². The molecule has 0 saturated heterocycles. The lowest BCUT2D eigenvalue weighted by Gasteiger charge is -1.50. The highest BCUT2D eigenvalue weighted by atomic mass is 29.1. The van der Waals surface area contributed by atoms with E-state index in [2.05, 4.69) is 9.76 Å². The van der Waals surface area contributed by atoms with E-state index in [-0.39, 0.29) is 0 Å². The third-order valence-corrected chi connectivity index (χ3v) is 0. The molecule has 0 heterocycles. The van der Waals surface area contributed by atoms with Gasteiger partial charge in [0.05, 0.1) is 9.76 Å². The Hall–Kier alpha value is 0.234. The van der Waals surface area contributed by atoms with E-state index in [1.807, 2.05) is 0 Å². The smallest absolute Gasteiger partial charge is 0.244 e.